The fraction of sp³-hybridized carbons (Fsp3) is 0.0588. The third kappa shape index (κ3) is 2.79. The average molecular weight is 345 g/mol. The molecule has 2 aromatic carbocycles. The molecule has 0 unspecified atom stereocenters. The van der Waals surface area contributed by atoms with E-state index in [2.05, 4.69) is 5.43 Å². The lowest BCUT2D eigenvalue weighted by molar-refractivity contribution is -0.117. The van der Waals surface area contributed by atoms with Gasteiger partial charge in [-0.1, -0.05) is 29.8 Å². The molecule has 1 aliphatic rings. The molecule has 0 atom stereocenters. The van der Waals surface area contributed by atoms with Gasteiger partial charge in [-0.15, -0.1) is 0 Å². The van der Waals surface area contributed by atoms with Crippen molar-refractivity contribution in [2.24, 2.45) is 0 Å². The van der Waals surface area contributed by atoms with Crippen molar-refractivity contribution in [1.29, 1.82) is 0 Å². The molecule has 3 rings (SSSR count). The van der Waals surface area contributed by atoms with Gasteiger partial charge in [0.15, 0.2) is 11.5 Å². The lowest BCUT2D eigenvalue weighted by atomic mass is 10.1. The quantitative estimate of drug-likeness (QED) is 0.662. The molecule has 2 N–H and O–H groups in total. The number of para-hydroxylation sites is 1. The van der Waals surface area contributed by atoms with Gasteiger partial charge in [0.1, 0.15) is 5.57 Å². The number of hydrogen-bond donors (Lipinski definition) is 2. The molecule has 0 bridgehead atoms. The number of hydrogen-bond acceptors (Lipinski definition) is 4. The molecule has 0 aliphatic carbocycles. The predicted octanol–water partition coefficient (Wildman–Crippen LogP) is 2.52. The third-order valence-electron chi connectivity index (χ3n) is 3.50. The van der Waals surface area contributed by atoms with Crippen LogP contribution in [0.15, 0.2) is 48.0 Å². The Kier molecular flexibility index (Phi) is 4.14. The Morgan fingerprint density at radius 1 is 1.21 bits per heavy atom. The Hall–Kier alpha value is -2.99. The summed E-state index contributed by atoms with van der Waals surface area (Å²) in [5.74, 6) is -0.962. The van der Waals surface area contributed by atoms with Crippen LogP contribution in [0.1, 0.15) is 5.56 Å². The van der Waals surface area contributed by atoms with E-state index in [9.17, 15) is 14.7 Å². The van der Waals surface area contributed by atoms with Gasteiger partial charge in [0.25, 0.3) is 11.8 Å². The summed E-state index contributed by atoms with van der Waals surface area (Å²) in [4.78, 5) is 24.6. The molecular formula is C17H13ClN2O4. The topological polar surface area (TPSA) is 78.9 Å². The molecule has 6 nitrogen and oxygen atoms in total. The molecule has 0 saturated carbocycles. The Balaban J connectivity index is 1.99. The maximum absolute atomic E-state index is 12.5. The molecule has 122 valence electrons. The van der Waals surface area contributed by atoms with Gasteiger partial charge in [0, 0.05) is 6.07 Å². The number of nitrogens with zero attached hydrogens (tertiary/aromatic N) is 1. The highest BCUT2D eigenvalue weighted by Crippen LogP contribution is 2.34. The number of benzene rings is 2. The molecule has 0 radical (unpaired) electrons. The van der Waals surface area contributed by atoms with Crippen LogP contribution in [-0.4, -0.2) is 24.0 Å². The molecule has 2 aromatic rings. The van der Waals surface area contributed by atoms with Crippen molar-refractivity contribution in [2.45, 2.75) is 0 Å². The van der Waals surface area contributed by atoms with E-state index in [1.54, 1.807) is 24.3 Å². The highest BCUT2D eigenvalue weighted by atomic mass is 35.5. The summed E-state index contributed by atoms with van der Waals surface area (Å²) in [7, 11) is 1.39. The van der Waals surface area contributed by atoms with Gasteiger partial charge in [-0.3, -0.25) is 15.0 Å². The zero-order chi connectivity index (χ0) is 17.3. The summed E-state index contributed by atoms with van der Waals surface area (Å²) < 4.78 is 5.02. The Morgan fingerprint density at radius 3 is 2.58 bits per heavy atom. The van der Waals surface area contributed by atoms with Crippen LogP contribution in [0, 0.1) is 0 Å². The van der Waals surface area contributed by atoms with Crippen LogP contribution in [0.3, 0.4) is 0 Å². The monoisotopic (exact) mass is 344 g/mol. The van der Waals surface area contributed by atoms with Crippen LogP contribution >= 0.6 is 11.6 Å². The summed E-state index contributed by atoms with van der Waals surface area (Å²) in [6.07, 6.45) is 1.37. The minimum Gasteiger partial charge on any atom is -0.504 e. The van der Waals surface area contributed by atoms with Crippen molar-refractivity contribution >= 4 is 35.2 Å². The summed E-state index contributed by atoms with van der Waals surface area (Å²) in [5.41, 5.74) is 3.38. The number of hydrazine groups is 1. The standard InChI is InChI=1S/C17H13ClN2O4/c1-24-15-8-10(13(18)9-14(15)21)7-12-16(22)19-20(17(12)23)11-5-3-2-4-6-11/h2-9,21H,1H3,(H,19,22). The second kappa shape index (κ2) is 6.25. The van der Waals surface area contributed by atoms with Gasteiger partial charge in [-0.2, -0.15) is 0 Å². The fourth-order valence-electron chi connectivity index (χ4n) is 2.30. The number of phenolic OH excluding ortho intramolecular Hbond substituents is 1. The van der Waals surface area contributed by atoms with Crippen molar-refractivity contribution in [3.8, 4) is 11.5 Å². The van der Waals surface area contributed by atoms with Crippen LogP contribution < -0.4 is 15.2 Å². The van der Waals surface area contributed by atoms with E-state index in [1.807, 2.05) is 6.07 Å². The number of halogens is 1. The highest BCUT2D eigenvalue weighted by molar-refractivity contribution is 6.34. The van der Waals surface area contributed by atoms with Gasteiger partial charge in [-0.25, -0.2) is 5.01 Å². The second-order valence-electron chi connectivity index (χ2n) is 5.02. The Bertz CT molecular complexity index is 849. The van der Waals surface area contributed by atoms with Crippen molar-refractivity contribution in [2.75, 3.05) is 12.1 Å². The third-order valence-corrected chi connectivity index (χ3v) is 3.83. The smallest absolute Gasteiger partial charge is 0.282 e. The SMILES string of the molecule is COc1cc(C=C2C(=O)NN(c3ccccc3)C2=O)c(Cl)cc1O. The van der Waals surface area contributed by atoms with E-state index in [0.717, 1.165) is 0 Å². The van der Waals surface area contributed by atoms with E-state index in [4.69, 9.17) is 16.3 Å². The zero-order valence-corrected chi connectivity index (χ0v) is 13.4. The first-order chi connectivity index (χ1) is 11.5. The molecule has 2 amide bonds. The van der Waals surface area contributed by atoms with Crippen LogP contribution in [0.2, 0.25) is 5.02 Å². The number of amides is 2. The molecule has 1 heterocycles. The Morgan fingerprint density at radius 2 is 1.92 bits per heavy atom. The predicted molar refractivity (Wildman–Crippen MR) is 89.7 cm³/mol. The molecule has 0 aromatic heterocycles. The molecular weight excluding hydrogens is 332 g/mol. The number of phenols is 1. The largest absolute Gasteiger partial charge is 0.504 e. The second-order valence-corrected chi connectivity index (χ2v) is 5.43. The van der Waals surface area contributed by atoms with E-state index in [-0.39, 0.29) is 22.1 Å². The van der Waals surface area contributed by atoms with Crippen molar-refractivity contribution in [3.05, 3.63) is 58.6 Å². The summed E-state index contributed by atoms with van der Waals surface area (Å²) in [5, 5.41) is 11.0. The minimum atomic E-state index is -0.535. The van der Waals surface area contributed by atoms with Gasteiger partial charge in [0.05, 0.1) is 17.8 Å². The molecule has 7 heteroatoms. The lowest BCUT2D eigenvalue weighted by Crippen LogP contribution is -2.35. The maximum atomic E-state index is 12.5. The van der Waals surface area contributed by atoms with Crippen LogP contribution in [0.5, 0.6) is 11.5 Å². The lowest BCUT2D eigenvalue weighted by Gasteiger charge is -2.13. The van der Waals surface area contributed by atoms with Crippen molar-refractivity contribution in [3.63, 3.8) is 0 Å². The Labute approximate surface area is 142 Å². The van der Waals surface area contributed by atoms with E-state index >= 15 is 0 Å². The number of carbonyl (C=O) groups is 2. The van der Waals surface area contributed by atoms with Crippen LogP contribution in [-0.2, 0) is 9.59 Å². The normalized spacial score (nSPS) is 15.8. The van der Waals surface area contributed by atoms with E-state index in [0.29, 0.717) is 11.3 Å². The number of rotatable bonds is 3. The zero-order valence-electron chi connectivity index (χ0n) is 12.6. The molecule has 1 fully saturated rings. The van der Waals surface area contributed by atoms with Gasteiger partial charge >= 0.3 is 0 Å². The summed E-state index contributed by atoms with van der Waals surface area (Å²) in [6.45, 7) is 0. The number of aromatic hydroxyl groups is 1. The molecule has 1 saturated heterocycles. The summed E-state index contributed by atoms with van der Waals surface area (Å²) in [6, 6.07) is 11.5. The van der Waals surface area contributed by atoms with Crippen LogP contribution in [0.25, 0.3) is 6.08 Å². The maximum Gasteiger partial charge on any atom is 0.282 e. The molecule has 1 aliphatic heterocycles. The number of ether oxygens (including phenoxy) is 1. The average Bonchev–Trinajstić information content (AvgIpc) is 2.86. The van der Waals surface area contributed by atoms with Crippen LogP contribution in [0.4, 0.5) is 5.69 Å². The number of nitrogens with one attached hydrogen (secondary N) is 1. The number of methoxy groups -OCH3 is 1. The summed E-state index contributed by atoms with van der Waals surface area (Å²) >= 11 is 6.07. The van der Waals surface area contributed by atoms with Gasteiger partial charge < -0.3 is 9.84 Å². The molecule has 24 heavy (non-hydrogen) atoms. The van der Waals surface area contributed by atoms with Crippen molar-refractivity contribution < 1.29 is 19.4 Å². The molecule has 0 spiro atoms. The van der Waals surface area contributed by atoms with Gasteiger partial charge in [0.2, 0.25) is 0 Å². The first-order valence-electron chi connectivity index (χ1n) is 7.00. The number of anilines is 1. The van der Waals surface area contributed by atoms with E-state index < -0.39 is 11.8 Å². The highest BCUT2D eigenvalue weighted by Gasteiger charge is 2.34. The fourth-order valence-corrected chi connectivity index (χ4v) is 2.52. The van der Waals surface area contributed by atoms with Crippen molar-refractivity contribution in [1.82, 2.24) is 5.43 Å². The van der Waals surface area contributed by atoms with Gasteiger partial charge in [-0.05, 0) is 29.8 Å². The first kappa shape index (κ1) is 15.9. The minimum absolute atomic E-state index is 0.0616. The first-order valence-corrected chi connectivity index (χ1v) is 7.37. The van der Waals surface area contributed by atoms with E-state index in [1.165, 1.54) is 30.3 Å². The number of carbonyl (C=O) groups excluding carboxylic acids is 2.